The molecule has 3 rings (SSSR count). The van der Waals surface area contributed by atoms with E-state index in [0.29, 0.717) is 5.02 Å². The highest BCUT2D eigenvalue weighted by atomic mass is 35.5. The predicted molar refractivity (Wildman–Crippen MR) is 113 cm³/mol. The van der Waals surface area contributed by atoms with Crippen LogP contribution < -0.4 is 15.5 Å². The molecule has 134 valence electrons. The van der Waals surface area contributed by atoms with Gasteiger partial charge in [-0.15, -0.1) is 0 Å². The Morgan fingerprint density at radius 1 is 1.08 bits per heavy atom. The minimum atomic E-state index is -0.281. The first kappa shape index (κ1) is 18.4. The second-order valence-corrected chi connectivity index (χ2v) is 6.88. The maximum atomic E-state index is 12.1. The first-order chi connectivity index (χ1) is 12.6. The Morgan fingerprint density at radius 2 is 1.77 bits per heavy atom. The number of rotatable bonds is 4. The standard InChI is InChI=1S/C20H20ClN3OS/c21-16-10-7-15(8-11-16)9-12-19(25)23-20(26)22-17-5-1-2-6-18(17)24-13-3-4-14-24/h1-2,5-12H,3-4,13-14H2,(H2,22,23,25,26). The highest BCUT2D eigenvalue weighted by Gasteiger charge is 2.16. The fourth-order valence-electron chi connectivity index (χ4n) is 2.87. The number of halogens is 1. The number of thiocarbonyl (C=S) groups is 1. The maximum absolute atomic E-state index is 12.1. The molecule has 2 N–H and O–H groups in total. The summed E-state index contributed by atoms with van der Waals surface area (Å²) in [5, 5.41) is 6.75. The molecule has 0 saturated carbocycles. The van der Waals surface area contributed by atoms with E-state index in [0.717, 1.165) is 30.0 Å². The summed E-state index contributed by atoms with van der Waals surface area (Å²) in [6.07, 6.45) is 5.56. The Hall–Kier alpha value is -2.37. The molecule has 1 heterocycles. The van der Waals surface area contributed by atoms with Crippen LogP contribution in [-0.4, -0.2) is 24.1 Å². The van der Waals surface area contributed by atoms with E-state index in [-0.39, 0.29) is 11.0 Å². The van der Waals surface area contributed by atoms with Gasteiger partial charge in [0.2, 0.25) is 5.91 Å². The lowest BCUT2D eigenvalue weighted by Crippen LogP contribution is -2.33. The Morgan fingerprint density at radius 3 is 2.50 bits per heavy atom. The van der Waals surface area contributed by atoms with Gasteiger partial charge >= 0.3 is 0 Å². The van der Waals surface area contributed by atoms with Crippen LogP contribution in [-0.2, 0) is 4.79 Å². The number of hydrogen-bond acceptors (Lipinski definition) is 3. The quantitative estimate of drug-likeness (QED) is 0.602. The molecule has 0 unspecified atom stereocenters. The zero-order chi connectivity index (χ0) is 18.4. The molecule has 1 fully saturated rings. The summed E-state index contributed by atoms with van der Waals surface area (Å²) >= 11 is 11.1. The van der Waals surface area contributed by atoms with Crippen LogP contribution >= 0.6 is 23.8 Å². The Labute approximate surface area is 163 Å². The van der Waals surface area contributed by atoms with Crippen LogP contribution in [0.5, 0.6) is 0 Å². The van der Waals surface area contributed by atoms with Crippen molar-refractivity contribution in [3.63, 3.8) is 0 Å². The highest BCUT2D eigenvalue weighted by Crippen LogP contribution is 2.28. The predicted octanol–water partition coefficient (Wildman–Crippen LogP) is 4.47. The van der Waals surface area contributed by atoms with E-state index in [4.69, 9.17) is 23.8 Å². The molecule has 0 bridgehead atoms. The van der Waals surface area contributed by atoms with E-state index >= 15 is 0 Å². The smallest absolute Gasteiger partial charge is 0.250 e. The van der Waals surface area contributed by atoms with Crippen LogP contribution in [0.2, 0.25) is 5.02 Å². The number of para-hydroxylation sites is 2. The molecule has 1 aliphatic rings. The number of amides is 1. The van der Waals surface area contributed by atoms with Crippen LogP contribution in [0.25, 0.3) is 6.08 Å². The average molecular weight is 386 g/mol. The van der Waals surface area contributed by atoms with Crippen molar-refractivity contribution < 1.29 is 4.79 Å². The summed E-state index contributed by atoms with van der Waals surface area (Å²) < 4.78 is 0. The van der Waals surface area contributed by atoms with E-state index in [1.165, 1.54) is 18.9 Å². The van der Waals surface area contributed by atoms with Crippen molar-refractivity contribution in [2.24, 2.45) is 0 Å². The largest absolute Gasteiger partial charge is 0.370 e. The number of carbonyl (C=O) groups is 1. The normalized spacial score (nSPS) is 13.8. The summed E-state index contributed by atoms with van der Waals surface area (Å²) in [4.78, 5) is 14.4. The van der Waals surface area contributed by atoms with Gasteiger partial charge in [0.25, 0.3) is 0 Å². The van der Waals surface area contributed by atoms with Gasteiger partial charge in [-0.25, -0.2) is 0 Å². The van der Waals surface area contributed by atoms with Gasteiger partial charge < -0.3 is 10.2 Å². The molecule has 4 nitrogen and oxygen atoms in total. The molecule has 0 aliphatic carbocycles. The van der Waals surface area contributed by atoms with Crippen LogP contribution in [0.3, 0.4) is 0 Å². The first-order valence-corrected chi connectivity index (χ1v) is 9.30. The van der Waals surface area contributed by atoms with Crippen LogP contribution in [0, 0.1) is 0 Å². The zero-order valence-electron chi connectivity index (χ0n) is 14.2. The van der Waals surface area contributed by atoms with Gasteiger partial charge in [0.15, 0.2) is 5.11 Å². The van der Waals surface area contributed by atoms with Crippen LogP contribution in [0.1, 0.15) is 18.4 Å². The molecule has 1 aliphatic heterocycles. The van der Waals surface area contributed by atoms with Gasteiger partial charge in [0.05, 0.1) is 11.4 Å². The number of nitrogens with one attached hydrogen (secondary N) is 2. The minimum Gasteiger partial charge on any atom is -0.370 e. The van der Waals surface area contributed by atoms with Gasteiger partial charge in [-0.3, -0.25) is 10.1 Å². The van der Waals surface area contributed by atoms with Gasteiger partial charge in [-0.2, -0.15) is 0 Å². The van der Waals surface area contributed by atoms with Crippen molar-refractivity contribution >= 4 is 52.3 Å². The van der Waals surface area contributed by atoms with E-state index in [9.17, 15) is 4.79 Å². The molecule has 0 aromatic heterocycles. The Balaban J connectivity index is 1.58. The molecule has 2 aromatic carbocycles. The van der Waals surface area contributed by atoms with Crippen LogP contribution in [0.4, 0.5) is 11.4 Å². The number of nitrogens with zero attached hydrogens (tertiary/aromatic N) is 1. The summed E-state index contributed by atoms with van der Waals surface area (Å²) in [6.45, 7) is 2.09. The molecular weight excluding hydrogens is 366 g/mol. The second-order valence-electron chi connectivity index (χ2n) is 6.04. The molecule has 0 atom stereocenters. The lowest BCUT2D eigenvalue weighted by Gasteiger charge is -2.22. The van der Waals surface area contributed by atoms with Gasteiger partial charge in [0.1, 0.15) is 0 Å². The van der Waals surface area contributed by atoms with Gasteiger partial charge in [0, 0.05) is 24.2 Å². The van der Waals surface area contributed by atoms with Gasteiger partial charge in [-0.1, -0.05) is 35.9 Å². The van der Waals surface area contributed by atoms with Crippen LogP contribution in [0.15, 0.2) is 54.6 Å². The van der Waals surface area contributed by atoms with Crippen molar-refractivity contribution in [1.82, 2.24) is 5.32 Å². The third kappa shape index (κ3) is 5.07. The first-order valence-electron chi connectivity index (χ1n) is 8.51. The number of hydrogen-bond donors (Lipinski definition) is 2. The molecule has 0 spiro atoms. The van der Waals surface area contributed by atoms with Crippen molar-refractivity contribution in [1.29, 1.82) is 0 Å². The molecule has 2 aromatic rings. The van der Waals surface area contributed by atoms with Crippen molar-refractivity contribution in [3.05, 3.63) is 65.2 Å². The summed E-state index contributed by atoms with van der Waals surface area (Å²) in [6, 6.07) is 15.2. The third-order valence-corrected chi connectivity index (χ3v) is 4.59. The number of benzene rings is 2. The van der Waals surface area contributed by atoms with E-state index < -0.39 is 0 Å². The zero-order valence-corrected chi connectivity index (χ0v) is 15.8. The van der Waals surface area contributed by atoms with Gasteiger partial charge in [-0.05, 0) is 61.0 Å². The van der Waals surface area contributed by atoms with E-state index in [1.54, 1.807) is 18.2 Å². The van der Waals surface area contributed by atoms with E-state index in [2.05, 4.69) is 21.6 Å². The topological polar surface area (TPSA) is 44.4 Å². The Kier molecular flexibility index (Phi) is 6.26. The van der Waals surface area contributed by atoms with Crippen molar-refractivity contribution in [3.8, 4) is 0 Å². The molecule has 1 saturated heterocycles. The monoisotopic (exact) mass is 385 g/mol. The maximum Gasteiger partial charge on any atom is 0.250 e. The fourth-order valence-corrected chi connectivity index (χ4v) is 3.20. The molecule has 6 heteroatoms. The molecule has 1 amide bonds. The SMILES string of the molecule is O=C(C=Cc1ccc(Cl)cc1)NC(=S)Nc1ccccc1N1CCCC1. The summed E-state index contributed by atoms with van der Waals surface area (Å²) in [5.41, 5.74) is 2.91. The lowest BCUT2D eigenvalue weighted by atomic mass is 10.2. The molecule has 0 radical (unpaired) electrons. The van der Waals surface area contributed by atoms with Crippen molar-refractivity contribution in [2.45, 2.75) is 12.8 Å². The number of carbonyl (C=O) groups excluding carboxylic acids is 1. The Bertz CT molecular complexity index is 814. The van der Waals surface area contributed by atoms with Crippen molar-refractivity contribution in [2.75, 3.05) is 23.3 Å². The molecule has 26 heavy (non-hydrogen) atoms. The summed E-state index contributed by atoms with van der Waals surface area (Å²) in [5.74, 6) is -0.281. The van der Waals surface area contributed by atoms with E-state index in [1.807, 2.05) is 30.3 Å². The lowest BCUT2D eigenvalue weighted by molar-refractivity contribution is -0.115. The summed E-state index contributed by atoms with van der Waals surface area (Å²) in [7, 11) is 0. The molecular formula is C20H20ClN3OS. The number of anilines is 2. The average Bonchev–Trinajstić information content (AvgIpc) is 3.16. The fraction of sp³-hybridized carbons (Fsp3) is 0.200. The second kappa shape index (κ2) is 8.83. The highest BCUT2D eigenvalue weighted by molar-refractivity contribution is 7.80. The third-order valence-electron chi connectivity index (χ3n) is 4.13. The minimum absolute atomic E-state index is 0.280.